The molecule has 4 aromatic rings. The molecule has 0 unspecified atom stereocenters. The quantitative estimate of drug-likeness (QED) is 0.0728. The van der Waals surface area contributed by atoms with Crippen LogP contribution in [0.2, 0.25) is 5.02 Å². The van der Waals surface area contributed by atoms with Gasteiger partial charge < -0.3 is 15.8 Å². The van der Waals surface area contributed by atoms with Crippen molar-refractivity contribution in [3.8, 4) is 16.8 Å². The summed E-state index contributed by atoms with van der Waals surface area (Å²) in [5.41, 5.74) is 11.0. The van der Waals surface area contributed by atoms with E-state index in [2.05, 4.69) is 41.2 Å². The first-order chi connectivity index (χ1) is 24.2. The lowest BCUT2D eigenvalue weighted by molar-refractivity contribution is -0.144. The summed E-state index contributed by atoms with van der Waals surface area (Å²) < 4.78 is 7.73. The molecular weight excluding hydrogens is 668 g/mol. The number of carbonyl (C=O) groups is 2. The summed E-state index contributed by atoms with van der Waals surface area (Å²) in [6.07, 6.45) is 8.73. The number of aliphatic imine (C=N–C) groups is 1. The van der Waals surface area contributed by atoms with Crippen LogP contribution >= 0.6 is 22.9 Å². The Morgan fingerprint density at radius 1 is 0.980 bits per heavy atom. The van der Waals surface area contributed by atoms with Crippen molar-refractivity contribution in [1.29, 1.82) is 0 Å². The lowest BCUT2D eigenvalue weighted by atomic mass is 9.99. The molecule has 0 saturated carbocycles. The summed E-state index contributed by atoms with van der Waals surface area (Å²) in [4.78, 5) is 31.8. The van der Waals surface area contributed by atoms with Crippen LogP contribution in [0.25, 0.3) is 5.00 Å². The molecule has 1 amide bonds. The summed E-state index contributed by atoms with van der Waals surface area (Å²) in [5, 5.41) is 13.5. The van der Waals surface area contributed by atoms with Crippen LogP contribution in [0.3, 0.4) is 0 Å². The third-order valence-corrected chi connectivity index (χ3v) is 10.2. The van der Waals surface area contributed by atoms with E-state index in [0.29, 0.717) is 30.4 Å². The van der Waals surface area contributed by atoms with Gasteiger partial charge in [0.05, 0.1) is 25.3 Å². The molecule has 3 heterocycles. The number of thiophene rings is 1. The number of nitrogens with zero attached hydrogens (tertiary/aromatic N) is 4. The van der Waals surface area contributed by atoms with Crippen LogP contribution in [0.15, 0.2) is 53.5 Å². The molecule has 3 N–H and O–H groups in total. The smallest absolute Gasteiger partial charge is 0.308 e. The van der Waals surface area contributed by atoms with Gasteiger partial charge in [0, 0.05) is 38.7 Å². The number of nitrogens with one attached hydrogen (secondary N) is 1. The van der Waals surface area contributed by atoms with Crippen molar-refractivity contribution in [2.75, 3.05) is 18.5 Å². The number of anilines is 1. The Balaban J connectivity index is 1.02. The van der Waals surface area contributed by atoms with Crippen LogP contribution < -0.4 is 11.1 Å². The van der Waals surface area contributed by atoms with Gasteiger partial charge in [0.25, 0.3) is 0 Å². The van der Waals surface area contributed by atoms with Crippen molar-refractivity contribution in [3.05, 3.63) is 92.3 Å². The monoisotopic (exact) mass is 712 g/mol. The molecule has 0 aliphatic carbocycles. The molecule has 0 saturated heterocycles. The summed E-state index contributed by atoms with van der Waals surface area (Å²) in [5.74, 6) is 6.94. The highest BCUT2D eigenvalue weighted by Crippen LogP contribution is 2.39. The van der Waals surface area contributed by atoms with Gasteiger partial charge in [0.2, 0.25) is 5.91 Å². The highest BCUT2D eigenvalue weighted by atomic mass is 35.5. The standard InChI is InChI=1S/C39H45ClN6O3S/c1-26-27(2)50-39-36(26)37(30-18-20-31(40)21-19-30)43-33(38-45-44-28(3)46(38)39)25-35(48)49-23-11-9-7-5-4-6-8-10-17-34(47)42-32-16-12-14-29(24-32)15-13-22-41/h12,14,16,18-21,24,33H,4-11,17,22-23,25,41H2,1-3H3,(H,42,47)/t33-/m0/s1. The van der Waals surface area contributed by atoms with Gasteiger partial charge in [-0.1, -0.05) is 80.2 Å². The van der Waals surface area contributed by atoms with Crippen molar-refractivity contribution in [1.82, 2.24) is 14.8 Å². The molecule has 9 nitrogen and oxygen atoms in total. The number of aromatic nitrogens is 3. The average molecular weight is 713 g/mol. The first kappa shape index (κ1) is 37.0. The molecule has 0 bridgehead atoms. The van der Waals surface area contributed by atoms with E-state index < -0.39 is 6.04 Å². The van der Waals surface area contributed by atoms with Crippen LogP contribution in [0.4, 0.5) is 5.69 Å². The Hall–Kier alpha value is -4.30. The van der Waals surface area contributed by atoms with E-state index in [0.717, 1.165) is 95.8 Å². The number of rotatable bonds is 15. The largest absolute Gasteiger partial charge is 0.466 e. The van der Waals surface area contributed by atoms with E-state index in [-0.39, 0.29) is 18.3 Å². The molecule has 1 atom stereocenters. The van der Waals surface area contributed by atoms with Gasteiger partial charge in [0.1, 0.15) is 16.9 Å². The molecular formula is C39H45ClN6O3S. The van der Waals surface area contributed by atoms with Crippen LogP contribution in [0.5, 0.6) is 0 Å². The minimum absolute atomic E-state index is 0.0231. The molecule has 50 heavy (non-hydrogen) atoms. The first-order valence-electron chi connectivity index (χ1n) is 17.4. The van der Waals surface area contributed by atoms with Crippen LogP contribution in [-0.4, -0.2) is 45.5 Å². The van der Waals surface area contributed by atoms with Gasteiger partial charge >= 0.3 is 5.97 Å². The Labute approximate surface area is 303 Å². The third-order valence-electron chi connectivity index (χ3n) is 8.76. The number of hydrogen-bond donors (Lipinski definition) is 2. The van der Waals surface area contributed by atoms with Crippen molar-refractivity contribution < 1.29 is 14.3 Å². The highest BCUT2D eigenvalue weighted by molar-refractivity contribution is 7.15. The van der Waals surface area contributed by atoms with E-state index in [1.54, 1.807) is 11.3 Å². The second-order valence-corrected chi connectivity index (χ2v) is 14.2. The van der Waals surface area contributed by atoms with Crippen molar-refractivity contribution in [2.24, 2.45) is 10.7 Å². The van der Waals surface area contributed by atoms with E-state index in [9.17, 15) is 9.59 Å². The average Bonchev–Trinajstić information content (AvgIpc) is 3.58. The molecule has 11 heteroatoms. The molecule has 2 aromatic carbocycles. The number of benzene rings is 2. The Morgan fingerprint density at radius 3 is 2.44 bits per heavy atom. The normalized spacial score (nSPS) is 13.4. The number of ether oxygens (including phenoxy) is 1. The van der Waals surface area contributed by atoms with Gasteiger partial charge in [-0.25, -0.2) is 0 Å². The zero-order chi connectivity index (χ0) is 35.5. The minimum Gasteiger partial charge on any atom is -0.466 e. The summed E-state index contributed by atoms with van der Waals surface area (Å²) in [6, 6.07) is 14.6. The SMILES string of the molecule is Cc1sc2c(c1C)C(c1ccc(Cl)cc1)=N[C@@H](CC(=O)OCCCCCCCCCCC(=O)Nc1cccc(C#CCN)c1)c1nnc(C)n1-2. The van der Waals surface area contributed by atoms with Crippen LogP contribution in [0.1, 0.15) is 109 Å². The zero-order valence-corrected chi connectivity index (χ0v) is 30.6. The fourth-order valence-corrected chi connectivity index (χ4v) is 7.37. The fraction of sp³-hybridized carbons (Fsp3) is 0.410. The van der Waals surface area contributed by atoms with Gasteiger partial charge in [-0.3, -0.25) is 19.1 Å². The minimum atomic E-state index is -0.535. The Bertz CT molecular complexity index is 1890. The predicted molar refractivity (Wildman–Crippen MR) is 201 cm³/mol. The third kappa shape index (κ3) is 9.69. The lowest BCUT2D eigenvalue weighted by Crippen LogP contribution is -2.14. The number of fused-ring (bicyclic) bond motifs is 3. The van der Waals surface area contributed by atoms with Gasteiger partial charge in [-0.2, -0.15) is 0 Å². The second-order valence-electron chi connectivity index (χ2n) is 12.5. The fourth-order valence-electron chi connectivity index (χ4n) is 6.03. The summed E-state index contributed by atoms with van der Waals surface area (Å²) in [6.45, 7) is 6.83. The van der Waals surface area contributed by atoms with Gasteiger partial charge in [0.15, 0.2) is 5.82 Å². The van der Waals surface area contributed by atoms with E-state index in [1.807, 2.05) is 60.0 Å². The topological polar surface area (TPSA) is 124 Å². The number of nitrogens with two attached hydrogens (primary N) is 1. The summed E-state index contributed by atoms with van der Waals surface area (Å²) >= 11 is 7.89. The highest BCUT2D eigenvalue weighted by Gasteiger charge is 2.32. The predicted octanol–water partition coefficient (Wildman–Crippen LogP) is 8.19. The molecule has 262 valence electrons. The maximum Gasteiger partial charge on any atom is 0.308 e. The van der Waals surface area contributed by atoms with Gasteiger partial charge in [-0.05, 0) is 69.5 Å². The van der Waals surface area contributed by atoms with Crippen LogP contribution in [0, 0.1) is 32.6 Å². The molecule has 0 fully saturated rings. The second kappa shape index (κ2) is 18.1. The zero-order valence-electron chi connectivity index (χ0n) is 29.1. The molecule has 0 spiro atoms. The maximum absolute atomic E-state index is 13.1. The molecule has 1 aliphatic heterocycles. The number of halogens is 1. The number of amides is 1. The van der Waals surface area contributed by atoms with Crippen LogP contribution in [-0.2, 0) is 14.3 Å². The Kier molecular flexibility index (Phi) is 13.4. The van der Waals surface area contributed by atoms with Crippen molar-refractivity contribution >= 4 is 46.2 Å². The molecule has 2 aromatic heterocycles. The maximum atomic E-state index is 13.1. The molecule has 5 rings (SSSR count). The van der Waals surface area contributed by atoms with Gasteiger partial charge in [-0.15, -0.1) is 21.5 Å². The number of unbranched alkanes of at least 4 members (excludes halogenated alkanes) is 7. The summed E-state index contributed by atoms with van der Waals surface area (Å²) in [7, 11) is 0. The molecule has 0 radical (unpaired) electrons. The number of hydrogen-bond acceptors (Lipinski definition) is 8. The van der Waals surface area contributed by atoms with Crippen molar-refractivity contribution in [3.63, 3.8) is 0 Å². The number of aryl methyl sites for hydroxylation is 2. The molecule has 1 aliphatic rings. The van der Waals surface area contributed by atoms with E-state index in [1.165, 1.54) is 4.88 Å². The van der Waals surface area contributed by atoms with Crippen molar-refractivity contribution in [2.45, 2.75) is 91.0 Å². The van der Waals surface area contributed by atoms with E-state index >= 15 is 0 Å². The Morgan fingerprint density at radius 2 is 1.70 bits per heavy atom. The first-order valence-corrected chi connectivity index (χ1v) is 18.6. The number of carbonyl (C=O) groups excluding carboxylic acids is 2. The lowest BCUT2D eigenvalue weighted by Gasteiger charge is -2.13. The van der Waals surface area contributed by atoms with E-state index in [4.69, 9.17) is 27.1 Å². The number of esters is 1.